The monoisotopic (exact) mass is 390 g/mol. The summed E-state index contributed by atoms with van der Waals surface area (Å²) in [4.78, 5) is 14.8. The molecule has 144 valence electrons. The molecule has 1 aliphatic rings. The van der Waals surface area contributed by atoms with Crippen LogP contribution in [-0.4, -0.2) is 46.4 Å². The Kier molecular flexibility index (Phi) is 6.42. The van der Waals surface area contributed by atoms with Crippen LogP contribution in [0.25, 0.3) is 0 Å². The number of nitrogens with one attached hydrogen (secondary N) is 1. The molecule has 2 aromatic rings. The average Bonchev–Trinajstić information content (AvgIpc) is 2.69. The second-order valence-electron chi connectivity index (χ2n) is 6.14. The van der Waals surface area contributed by atoms with Gasteiger partial charge < -0.3 is 24.4 Å². The van der Waals surface area contributed by atoms with Crippen molar-refractivity contribution in [2.75, 3.05) is 50.7 Å². The summed E-state index contributed by atoms with van der Waals surface area (Å²) in [6.07, 6.45) is 0.183. The number of rotatable bonds is 6. The van der Waals surface area contributed by atoms with E-state index in [1.165, 1.54) is 0 Å². The number of hydrogen-bond acceptors (Lipinski definition) is 5. The van der Waals surface area contributed by atoms with Crippen molar-refractivity contribution in [1.29, 1.82) is 0 Å². The van der Waals surface area contributed by atoms with Gasteiger partial charge in [0.25, 0.3) is 0 Å². The van der Waals surface area contributed by atoms with Crippen LogP contribution in [0, 0.1) is 0 Å². The molecule has 0 atom stereocenters. The van der Waals surface area contributed by atoms with Gasteiger partial charge in [0.1, 0.15) is 11.5 Å². The average molecular weight is 391 g/mol. The number of carbonyl (C=O) groups is 1. The van der Waals surface area contributed by atoms with Crippen LogP contribution in [0.5, 0.6) is 11.5 Å². The number of methoxy groups -OCH3 is 2. The second kappa shape index (κ2) is 8.97. The molecule has 2 aromatic carbocycles. The number of carbonyl (C=O) groups excluding carboxylic acids is 1. The fourth-order valence-corrected chi connectivity index (χ4v) is 3.38. The van der Waals surface area contributed by atoms with Crippen LogP contribution in [0.2, 0.25) is 5.02 Å². The van der Waals surface area contributed by atoms with Crippen molar-refractivity contribution in [3.63, 3.8) is 0 Å². The van der Waals surface area contributed by atoms with Gasteiger partial charge in [-0.1, -0.05) is 23.7 Å². The molecule has 0 aliphatic carbocycles. The van der Waals surface area contributed by atoms with Crippen molar-refractivity contribution in [1.82, 2.24) is 0 Å². The molecule has 3 rings (SSSR count). The third-order valence-corrected chi connectivity index (χ3v) is 4.74. The number of benzene rings is 2. The van der Waals surface area contributed by atoms with Gasteiger partial charge in [-0.25, -0.2) is 0 Å². The first-order valence-corrected chi connectivity index (χ1v) is 9.12. The van der Waals surface area contributed by atoms with Crippen LogP contribution in [0.4, 0.5) is 11.4 Å². The molecular formula is C20H23ClN2O4. The smallest absolute Gasteiger partial charge is 0.228 e. The van der Waals surface area contributed by atoms with Crippen LogP contribution >= 0.6 is 11.6 Å². The lowest BCUT2D eigenvalue weighted by Crippen LogP contribution is -2.37. The summed E-state index contributed by atoms with van der Waals surface area (Å²) in [5.41, 5.74) is 2.31. The second-order valence-corrected chi connectivity index (χ2v) is 6.55. The van der Waals surface area contributed by atoms with Crippen molar-refractivity contribution < 1.29 is 19.0 Å². The summed E-state index contributed by atoms with van der Waals surface area (Å²) in [5.74, 6) is 1.15. The maximum atomic E-state index is 12.7. The van der Waals surface area contributed by atoms with E-state index in [-0.39, 0.29) is 12.3 Å². The molecular weight excluding hydrogens is 368 g/mol. The Morgan fingerprint density at radius 1 is 1.19 bits per heavy atom. The molecule has 7 heteroatoms. The number of hydrogen-bond donors (Lipinski definition) is 1. The van der Waals surface area contributed by atoms with E-state index >= 15 is 0 Å². The lowest BCUT2D eigenvalue weighted by molar-refractivity contribution is -0.115. The zero-order valence-electron chi connectivity index (χ0n) is 15.5. The first-order valence-electron chi connectivity index (χ1n) is 8.74. The fourth-order valence-electron chi connectivity index (χ4n) is 3.09. The van der Waals surface area contributed by atoms with Crippen molar-refractivity contribution in [3.05, 3.63) is 47.0 Å². The predicted molar refractivity (Wildman–Crippen MR) is 106 cm³/mol. The zero-order valence-corrected chi connectivity index (χ0v) is 16.2. The molecule has 1 saturated heterocycles. The minimum absolute atomic E-state index is 0.143. The number of morpholine rings is 1. The third-order valence-electron chi connectivity index (χ3n) is 4.43. The SMILES string of the molecule is COc1ccc(CC(=O)Nc2cccc(Cl)c2N2CCOCC2)c(OC)c1. The third kappa shape index (κ3) is 4.64. The van der Waals surface area contributed by atoms with Crippen molar-refractivity contribution in [3.8, 4) is 11.5 Å². The van der Waals surface area contributed by atoms with Crippen LogP contribution < -0.4 is 19.7 Å². The van der Waals surface area contributed by atoms with Gasteiger partial charge in [0, 0.05) is 24.7 Å². The Morgan fingerprint density at radius 2 is 1.96 bits per heavy atom. The summed E-state index contributed by atoms with van der Waals surface area (Å²) in [6, 6.07) is 10.9. The number of anilines is 2. The zero-order chi connectivity index (χ0) is 19.2. The molecule has 0 spiro atoms. The molecule has 6 nitrogen and oxygen atoms in total. The van der Waals surface area contributed by atoms with E-state index in [1.54, 1.807) is 20.3 Å². The largest absolute Gasteiger partial charge is 0.497 e. The minimum atomic E-state index is -0.143. The maximum Gasteiger partial charge on any atom is 0.228 e. The van der Waals surface area contributed by atoms with Crippen LogP contribution in [0.3, 0.4) is 0 Å². The molecule has 27 heavy (non-hydrogen) atoms. The van der Waals surface area contributed by atoms with Gasteiger partial charge in [0.2, 0.25) is 5.91 Å². The molecule has 1 heterocycles. The van der Waals surface area contributed by atoms with E-state index in [0.717, 1.165) is 24.3 Å². The Morgan fingerprint density at radius 3 is 2.67 bits per heavy atom. The van der Waals surface area contributed by atoms with Gasteiger partial charge in [-0.2, -0.15) is 0 Å². The van der Waals surface area contributed by atoms with Crippen LogP contribution in [0.15, 0.2) is 36.4 Å². The maximum absolute atomic E-state index is 12.7. The summed E-state index contributed by atoms with van der Waals surface area (Å²) < 4.78 is 16.0. The lowest BCUT2D eigenvalue weighted by atomic mass is 10.1. The van der Waals surface area contributed by atoms with Gasteiger partial charge in [-0.3, -0.25) is 4.79 Å². The molecule has 1 aliphatic heterocycles. The van der Waals surface area contributed by atoms with Crippen LogP contribution in [0.1, 0.15) is 5.56 Å². The minimum Gasteiger partial charge on any atom is -0.497 e. The summed E-state index contributed by atoms with van der Waals surface area (Å²) in [7, 11) is 3.16. The highest BCUT2D eigenvalue weighted by Crippen LogP contribution is 2.34. The van der Waals surface area contributed by atoms with Gasteiger partial charge >= 0.3 is 0 Å². The highest BCUT2D eigenvalue weighted by molar-refractivity contribution is 6.34. The number of amides is 1. The van der Waals surface area contributed by atoms with Crippen LogP contribution in [-0.2, 0) is 16.0 Å². The molecule has 0 bridgehead atoms. The number of halogens is 1. The van der Waals surface area contributed by atoms with E-state index in [2.05, 4.69) is 10.2 Å². The molecule has 0 unspecified atom stereocenters. The molecule has 1 N–H and O–H groups in total. The standard InChI is InChI=1S/C20H23ClN2O4/c1-25-15-7-6-14(18(13-15)26-2)12-19(24)22-17-5-3-4-16(21)20(17)23-8-10-27-11-9-23/h3-7,13H,8-12H2,1-2H3,(H,22,24). The highest BCUT2D eigenvalue weighted by Gasteiger charge is 2.19. The van der Waals surface area contributed by atoms with Gasteiger partial charge in [0.05, 0.1) is 50.3 Å². The number of nitrogens with zero attached hydrogens (tertiary/aromatic N) is 1. The first kappa shape index (κ1) is 19.3. The van der Waals surface area contributed by atoms with E-state index in [9.17, 15) is 4.79 Å². The Bertz CT molecular complexity index is 807. The highest BCUT2D eigenvalue weighted by atomic mass is 35.5. The Labute approximate surface area is 164 Å². The lowest BCUT2D eigenvalue weighted by Gasteiger charge is -2.31. The van der Waals surface area contributed by atoms with Crippen molar-refractivity contribution >= 4 is 28.9 Å². The van der Waals surface area contributed by atoms with Gasteiger partial charge in [-0.05, 0) is 18.2 Å². The fraction of sp³-hybridized carbons (Fsp3) is 0.350. The van der Waals surface area contributed by atoms with E-state index < -0.39 is 0 Å². The molecule has 0 aromatic heterocycles. The molecule has 0 saturated carbocycles. The van der Waals surface area contributed by atoms with E-state index in [0.29, 0.717) is 35.4 Å². The first-order chi connectivity index (χ1) is 13.1. The van der Waals surface area contributed by atoms with E-state index in [4.69, 9.17) is 25.8 Å². The number of para-hydroxylation sites is 1. The topological polar surface area (TPSA) is 60.0 Å². The quantitative estimate of drug-likeness (QED) is 0.819. The van der Waals surface area contributed by atoms with Crippen molar-refractivity contribution in [2.24, 2.45) is 0 Å². The number of ether oxygens (including phenoxy) is 3. The predicted octanol–water partition coefficient (Wildman–Crippen LogP) is 3.38. The summed E-state index contributed by atoms with van der Waals surface area (Å²) in [6.45, 7) is 2.75. The normalized spacial score (nSPS) is 14.0. The molecule has 1 amide bonds. The Balaban J connectivity index is 1.78. The van der Waals surface area contributed by atoms with Gasteiger partial charge in [-0.15, -0.1) is 0 Å². The molecule has 1 fully saturated rings. The molecule has 0 radical (unpaired) electrons. The summed E-state index contributed by atoms with van der Waals surface area (Å²) >= 11 is 6.42. The summed E-state index contributed by atoms with van der Waals surface area (Å²) in [5, 5.41) is 3.59. The van der Waals surface area contributed by atoms with Crippen molar-refractivity contribution in [2.45, 2.75) is 6.42 Å². The van der Waals surface area contributed by atoms with Gasteiger partial charge in [0.15, 0.2) is 0 Å². The van der Waals surface area contributed by atoms with E-state index in [1.807, 2.05) is 30.3 Å². The Hall–Kier alpha value is -2.44.